The maximum absolute atomic E-state index is 12.3. The third-order valence-corrected chi connectivity index (χ3v) is 7.15. The van der Waals surface area contributed by atoms with Gasteiger partial charge in [-0.25, -0.2) is 0 Å². The Hall–Kier alpha value is -1.27. The number of rotatable bonds is 8. The average Bonchev–Trinajstić information content (AvgIpc) is 2.47. The summed E-state index contributed by atoms with van der Waals surface area (Å²) in [7, 11) is -3.08. The third-order valence-electron chi connectivity index (χ3n) is 6.13. The smallest absolute Gasteiger partial charge is 0.298 e. The van der Waals surface area contributed by atoms with Crippen molar-refractivity contribution in [2.24, 2.45) is 22.2 Å². The number of phenols is 1. The zero-order chi connectivity index (χ0) is 24.7. The van der Waals surface area contributed by atoms with Crippen LogP contribution in [0.3, 0.4) is 0 Å². The number of benzene rings is 1. The van der Waals surface area contributed by atoms with Crippen molar-refractivity contribution in [3.63, 3.8) is 0 Å². The highest BCUT2D eigenvalue weighted by Gasteiger charge is 2.46. The molecule has 0 spiro atoms. The van der Waals surface area contributed by atoms with Crippen molar-refractivity contribution in [3.8, 4) is 11.5 Å². The van der Waals surface area contributed by atoms with E-state index in [-0.39, 0.29) is 22.2 Å². The first kappa shape index (κ1) is 27.8. The van der Waals surface area contributed by atoms with Crippen molar-refractivity contribution < 1.29 is 22.8 Å². The van der Waals surface area contributed by atoms with E-state index < -0.39 is 20.8 Å². The summed E-state index contributed by atoms with van der Waals surface area (Å²) in [5, 5.41) is 10.7. The second kappa shape index (κ2) is 8.93. The first-order valence-corrected chi connectivity index (χ1v) is 12.5. The Morgan fingerprint density at radius 3 is 1.77 bits per heavy atom. The summed E-state index contributed by atoms with van der Waals surface area (Å²) in [5.74, 6) is 0.394. The monoisotopic (exact) mass is 456 g/mol. The predicted octanol–water partition coefficient (Wildman–Crippen LogP) is 6.88. The molecule has 31 heavy (non-hydrogen) atoms. The molecule has 0 aliphatic carbocycles. The summed E-state index contributed by atoms with van der Waals surface area (Å²) in [6.07, 6.45) is 1.82. The summed E-state index contributed by atoms with van der Waals surface area (Å²) in [5.41, 5.74) is 1.05. The maximum Gasteiger partial charge on any atom is 0.298 e. The van der Waals surface area contributed by atoms with Gasteiger partial charge in [0, 0.05) is 11.1 Å². The lowest BCUT2D eigenvalue weighted by Crippen LogP contribution is -2.38. The molecule has 1 aromatic rings. The van der Waals surface area contributed by atoms with Crippen LogP contribution in [0, 0.1) is 36.0 Å². The van der Waals surface area contributed by atoms with E-state index in [1.54, 1.807) is 21.0 Å². The summed E-state index contributed by atoms with van der Waals surface area (Å²) in [4.78, 5) is -0.419. The molecule has 0 aliphatic heterocycles. The van der Waals surface area contributed by atoms with Crippen LogP contribution in [0.1, 0.15) is 97.8 Å². The molecule has 180 valence electrons. The summed E-state index contributed by atoms with van der Waals surface area (Å²) >= 11 is 0. The van der Waals surface area contributed by atoms with Gasteiger partial charge in [-0.1, -0.05) is 62.3 Å². The van der Waals surface area contributed by atoms with E-state index in [9.17, 15) is 18.1 Å². The van der Waals surface area contributed by atoms with Crippen LogP contribution in [0.2, 0.25) is 0 Å². The Bertz CT molecular complexity index is 903. The fourth-order valence-electron chi connectivity index (χ4n) is 6.35. The van der Waals surface area contributed by atoms with Crippen molar-refractivity contribution in [2.45, 2.75) is 99.8 Å². The minimum Gasteiger partial charge on any atom is -0.506 e. The van der Waals surface area contributed by atoms with Crippen molar-refractivity contribution in [2.75, 3.05) is 7.11 Å². The second-order valence-electron chi connectivity index (χ2n) is 12.1. The van der Waals surface area contributed by atoms with Gasteiger partial charge in [-0.3, -0.25) is 4.55 Å². The third kappa shape index (κ3) is 6.16. The van der Waals surface area contributed by atoms with E-state index >= 15 is 0 Å². The second-order valence-corrected chi connectivity index (χ2v) is 13.5. The molecule has 0 aliphatic rings. The Balaban J connectivity index is 4.16. The quantitative estimate of drug-likeness (QED) is 0.416. The molecule has 0 radical (unpaired) electrons. The Kier molecular flexibility index (Phi) is 8.00. The van der Waals surface area contributed by atoms with E-state index in [2.05, 4.69) is 62.3 Å². The van der Waals surface area contributed by atoms with E-state index in [0.717, 1.165) is 18.4 Å². The van der Waals surface area contributed by atoms with Gasteiger partial charge in [-0.15, -0.1) is 0 Å². The number of methoxy groups -OCH3 is 1. The van der Waals surface area contributed by atoms with Gasteiger partial charge in [0.2, 0.25) is 0 Å². The van der Waals surface area contributed by atoms with Crippen LogP contribution in [0.4, 0.5) is 0 Å². The SMILES string of the molecule is COc1c(C)c(O)c(S(=O)(=O)O)c(C)c1C(C(C)(C)CC(C)C)C(C)(C)CC(C)(C)C. The normalized spacial score (nSPS) is 14.8. The van der Waals surface area contributed by atoms with Gasteiger partial charge in [-0.2, -0.15) is 8.42 Å². The van der Waals surface area contributed by atoms with E-state index in [0.29, 0.717) is 22.8 Å². The lowest BCUT2D eigenvalue weighted by atomic mass is 9.56. The van der Waals surface area contributed by atoms with Crippen molar-refractivity contribution in [1.82, 2.24) is 0 Å². The molecule has 1 atom stereocenters. The molecule has 1 aromatic carbocycles. The first-order valence-electron chi connectivity index (χ1n) is 11.0. The number of hydrogen-bond acceptors (Lipinski definition) is 4. The molecule has 0 fully saturated rings. The van der Waals surface area contributed by atoms with E-state index in [4.69, 9.17) is 4.74 Å². The molecule has 0 bridgehead atoms. The largest absolute Gasteiger partial charge is 0.506 e. The number of hydrogen-bond donors (Lipinski definition) is 2. The highest BCUT2D eigenvalue weighted by atomic mass is 32.2. The van der Waals surface area contributed by atoms with Gasteiger partial charge in [0.05, 0.1) is 7.11 Å². The molecule has 6 heteroatoms. The Morgan fingerprint density at radius 1 is 0.935 bits per heavy atom. The van der Waals surface area contributed by atoms with E-state index in [1.807, 2.05) is 0 Å². The zero-order valence-electron chi connectivity index (χ0n) is 21.6. The van der Waals surface area contributed by atoms with Crippen molar-refractivity contribution >= 4 is 10.1 Å². The molecule has 1 rings (SSSR count). The molecule has 0 heterocycles. The van der Waals surface area contributed by atoms with Gasteiger partial charge < -0.3 is 9.84 Å². The Labute approximate surface area is 190 Å². The minimum atomic E-state index is -4.62. The van der Waals surface area contributed by atoms with Crippen LogP contribution < -0.4 is 4.74 Å². The van der Waals surface area contributed by atoms with Gasteiger partial charge in [0.1, 0.15) is 16.4 Å². The van der Waals surface area contributed by atoms with Crippen LogP contribution in [0.15, 0.2) is 4.90 Å². The van der Waals surface area contributed by atoms with Crippen LogP contribution in [-0.2, 0) is 10.1 Å². The average molecular weight is 457 g/mol. The minimum absolute atomic E-state index is 0.0502. The zero-order valence-corrected chi connectivity index (χ0v) is 22.4. The van der Waals surface area contributed by atoms with Crippen LogP contribution in [0.5, 0.6) is 11.5 Å². The molecule has 5 nitrogen and oxygen atoms in total. The Morgan fingerprint density at radius 2 is 1.42 bits per heavy atom. The fourth-order valence-corrected chi connectivity index (χ4v) is 7.25. The van der Waals surface area contributed by atoms with Crippen molar-refractivity contribution in [1.29, 1.82) is 0 Å². The molecule has 0 saturated carbocycles. The molecular formula is C25H44O5S. The molecule has 0 amide bonds. The first-order chi connectivity index (χ1) is 13.7. The number of ether oxygens (including phenoxy) is 1. The maximum atomic E-state index is 12.3. The van der Waals surface area contributed by atoms with E-state index in [1.165, 1.54) is 0 Å². The van der Waals surface area contributed by atoms with Gasteiger partial charge in [0.25, 0.3) is 10.1 Å². The molecule has 2 N–H and O–H groups in total. The van der Waals surface area contributed by atoms with Crippen LogP contribution >= 0.6 is 0 Å². The van der Waals surface area contributed by atoms with Gasteiger partial charge in [0.15, 0.2) is 0 Å². The van der Waals surface area contributed by atoms with Crippen molar-refractivity contribution in [3.05, 3.63) is 16.7 Å². The lowest BCUT2D eigenvalue weighted by Gasteiger charge is -2.49. The molecular weight excluding hydrogens is 412 g/mol. The molecule has 0 saturated heterocycles. The topological polar surface area (TPSA) is 83.8 Å². The number of phenolic OH excluding ortho intramolecular Hbond substituents is 1. The van der Waals surface area contributed by atoms with Crippen LogP contribution in [-0.4, -0.2) is 25.2 Å². The number of aromatic hydroxyl groups is 1. The van der Waals surface area contributed by atoms with Crippen LogP contribution in [0.25, 0.3) is 0 Å². The highest BCUT2D eigenvalue weighted by molar-refractivity contribution is 7.86. The molecule has 0 aromatic heterocycles. The summed E-state index contributed by atoms with van der Waals surface area (Å²) < 4.78 is 40.3. The van der Waals surface area contributed by atoms with Gasteiger partial charge in [-0.05, 0) is 60.3 Å². The van der Waals surface area contributed by atoms with Gasteiger partial charge >= 0.3 is 0 Å². The molecule has 1 unspecified atom stereocenters. The fraction of sp³-hybridized carbons (Fsp3) is 0.760. The summed E-state index contributed by atoms with van der Waals surface area (Å²) in [6.45, 7) is 23.2. The lowest BCUT2D eigenvalue weighted by molar-refractivity contribution is 0.0765. The standard InChI is InChI=1S/C25H44O5S/c1-15(2)13-24(8,9)22(25(10,11)14-23(5,6)7)18-16(3)21(31(27,28)29)19(26)17(4)20(18)30-12/h15,22,26H,13-14H2,1-12H3,(H,27,28,29). The highest BCUT2D eigenvalue weighted by Crippen LogP contribution is 2.58. The summed E-state index contributed by atoms with van der Waals surface area (Å²) in [6, 6.07) is 0. The predicted molar refractivity (Wildman–Crippen MR) is 128 cm³/mol.